The molecule has 1 heterocycles. The van der Waals surface area contributed by atoms with Crippen LogP contribution in [0, 0.1) is 0 Å². The number of carbonyl (C=O) groups excluding carboxylic acids is 2. The summed E-state index contributed by atoms with van der Waals surface area (Å²) in [5.74, 6) is -0.179. The number of hydrogen-bond donors (Lipinski definition) is 1. The van der Waals surface area contributed by atoms with Crippen molar-refractivity contribution < 1.29 is 14.3 Å². The maximum atomic E-state index is 12.8. The van der Waals surface area contributed by atoms with Gasteiger partial charge in [-0.05, 0) is 24.7 Å². The van der Waals surface area contributed by atoms with E-state index in [1.807, 2.05) is 54.4 Å². The van der Waals surface area contributed by atoms with Gasteiger partial charge in [-0.1, -0.05) is 42.5 Å². The largest absolute Gasteiger partial charge is 0.477 e. The SMILES string of the molecule is CN(CC(=O)N1CC(C(N)=O)Oc2ccccc21)Cc1ccccc1. The number of carbonyl (C=O) groups is 2. The van der Waals surface area contributed by atoms with Crippen LogP contribution in [0.2, 0.25) is 0 Å². The standard InChI is InChI=1S/C19H21N3O3/c1-21(11-14-7-3-2-4-8-14)13-18(23)22-12-17(19(20)24)25-16-10-6-5-9-15(16)22/h2-10,17H,11-13H2,1H3,(H2,20,24). The van der Waals surface area contributed by atoms with Crippen LogP contribution in [0.3, 0.4) is 0 Å². The Morgan fingerprint density at radius 2 is 1.84 bits per heavy atom. The summed E-state index contributed by atoms with van der Waals surface area (Å²) in [6.07, 6.45) is -0.835. The van der Waals surface area contributed by atoms with Gasteiger partial charge in [-0.3, -0.25) is 14.5 Å². The van der Waals surface area contributed by atoms with E-state index >= 15 is 0 Å². The number of ether oxygens (including phenoxy) is 1. The molecule has 1 unspecified atom stereocenters. The van der Waals surface area contributed by atoms with Gasteiger partial charge in [0, 0.05) is 6.54 Å². The molecule has 2 aromatic carbocycles. The van der Waals surface area contributed by atoms with Crippen molar-refractivity contribution in [2.45, 2.75) is 12.6 Å². The summed E-state index contributed by atoms with van der Waals surface area (Å²) in [5, 5.41) is 0. The normalized spacial score (nSPS) is 16.2. The first-order chi connectivity index (χ1) is 12.0. The maximum absolute atomic E-state index is 12.8. The fraction of sp³-hybridized carbons (Fsp3) is 0.263. The number of nitrogens with two attached hydrogens (primary N) is 1. The van der Waals surface area contributed by atoms with E-state index in [1.165, 1.54) is 0 Å². The second-order valence-corrected chi connectivity index (χ2v) is 6.14. The fourth-order valence-electron chi connectivity index (χ4n) is 2.89. The smallest absolute Gasteiger partial charge is 0.260 e. The topological polar surface area (TPSA) is 75.9 Å². The van der Waals surface area contributed by atoms with Crippen LogP contribution in [-0.2, 0) is 16.1 Å². The van der Waals surface area contributed by atoms with Crippen LogP contribution in [-0.4, -0.2) is 43.0 Å². The molecule has 0 bridgehead atoms. The van der Waals surface area contributed by atoms with Gasteiger partial charge in [0.05, 0.1) is 18.8 Å². The molecule has 0 aromatic heterocycles. The summed E-state index contributed by atoms with van der Waals surface area (Å²) in [7, 11) is 1.89. The molecule has 0 spiro atoms. The summed E-state index contributed by atoms with van der Waals surface area (Å²) < 4.78 is 5.59. The fourth-order valence-corrected chi connectivity index (χ4v) is 2.89. The maximum Gasteiger partial charge on any atom is 0.260 e. The van der Waals surface area contributed by atoms with Crippen LogP contribution in [0.5, 0.6) is 5.75 Å². The highest BCUT2D eigenvalue weighted by Crippen LogP contribution is 2.33. The lowest BCUT2D eigenvalue weighted by atomic mass is 10.1. The molecular formula is C19H21N3O3. The number of para-hydroxylation sites is 2. The van der Waals surface area contributed by atoms with Gasteiger partial charge in [0.2, 0.25) is 5.91 Å². The minimum Gasteiger partial charge on any atom is -0.477 e. The Kier molecular flexibility index (Phi) is 5.00. The number of rotatable bonds is 5. The van der Waals surface area contributed by atoms with Crippen molar-refractivity contribution >= 4 is 17.5 Å². The third kappa shape index (κ3) is 3.97. The highest BCUT2D eigenvalue weighted by atomic mass is 16.5. The third-order valence-corrected chi connectivity index (χ3v) is 4.09. The Morgan fingerprint density at radius 1 is 1.16 bits per heavy atom. The molecule has 0 radical (unpaired) electrons. The molecule has 3 rings (SSSR count). The van der Waals surface area contributed by atoms with Crippen LogP contribution >= 0.6 is 0 Å². The van der Waals surface area contributed by atoms with Crippen LogP contribution in [0.4, 0.5) is 5.69 Å². The Morgan fingerprint density at radius 3 is 2.56 bits per heavy atom. The number of likely N-dealkylation sites (N-methyl/N-ethyl adjacent to an activating group) is 1. The van der Waals surface area contributed by atoms with E-state index in [2.05, 4.69) is 0 Å². The summed E-state index contributed by atoms with van der Waals surface area (Å²) in [6.45, 7) is 1.02. The average molecular weight is 339 g/mol. The highest BCUT2D eigenvalue weighted by Gasteiger charge is 2.32. The number of fused-ring (bicyclic) bond motifs is 1. The molecule has 25 heavy (non-hydrogen) atoms. The van der Waals surface area contributed by atoms with Crippen molar-refractivity contribution in [2.24, 2.45) is 5.73 Å². The number of anilines is 1. The molecule has 2 aromatic rings. The molecule has 0 fully saturated rings. The van der Waals surface area contributed by atoms with Crippen molar-refractivity contribution in [1.82, 2.24) is 4.90 Å². The summed E-state index contributed by atoms with van der Waals surface area (Å²) in [5.41, 5.74) is 7.18. The molecule has 130 valence electrons. The van der Waals surface area contributed by atoms with Crippen molar-refractivity contribution in [3.63, 3.8) is 0 Å². The molecule has 2 N–H and O–H groups in total. The van der Waals surface area contributed by atoms with E-state index in [0.29, 0.717) is 18.0 Å². The van der Waals surface area contributed by atoms with Crippen molar-refractivity contribution in [3.8, 4) is 5.75 Å². The van der Waals surface area contributed by atoms with Gasteiger partial charge >= 0.3 is 0 Å². The Hall–Kier alpha value is -2.86. The average Bonchev–Trinajstić information content (AvgIpc) is 2.61. The second-order valence-electron chi connectivity index (χ2n) is 6.14. The molecule has 2 amide bonds. The Balaban J connectivity index is 1.73. The summed E-state index contributed by atoms with van der Waals surface area (Å²) in [4.78, 5) is 27.9. The lowest BCUT2D eigenvalue weighted by Crippen LogP contribution is -2.51. The van der Waals surface area contributed by atoms with Crippen LogP contribution in [0.15, 0.2) is 54.6 Å². The predicted molar refractivity (Wildman–Crippen MR) is 95.2 cm³/mol. The number of amides is 2. The Labute approximate surface area is 146 Å². The van der Waals surface area contributed by atoms with E-state index in [0.717, 1.165) is 5.56 Å². The molecule has 0 aliphatic carbocycles. The van der Waals surface area contributed by atoms with Crippen molar-refractivity contribution in [1.29, 1.82) is 0 Å². The zero-order valence-electron chi connectivity index (χ0n) is 14.1. The Bertz CT molecular complexity index is 764. The number of benzene rings is 2. The van der Waals surface area contributed by atoms with Crippen molar-refractivity contribution in [3.05, 3.63) is 60.2 Å². The quantitative estimate of drug-likeness (QED) is 0.893. The molecule has 1 atom stereocenters. The minimum absolute atomic E-state index is 0.0968. The van der Waals surface area contributed by atoms with E-state index in [1.54, 1.807) is 17.0 Å². The second kappa shape index (κ2) is 7.36. The first-order valence-electron chi connectivity index (χ1n) is 8.12. The molecule has 0 saturated heterocycles. The molecule has 6 nitrogen and oxygen atoms in total. The predicted octanol–water partition coefficient (Wildman–Crippen LogP) is 1.40. The zero-order valence-corrected chi connectivity index (χ0v) is 14.1. The van der Waals surface area contributed by atoms with Crippen LogP contribution in [0.1, 0.15) is 5.56 Å². The van der Waals surface area contributed by atoms with Gasteiger partial charge in [-0.15, -0.1) is 0 Å². The van der Waals surface area contributed by atoms with E-state index in [4.69, 9.17) is 10.5 Å². The van der Waals surface area contributed by atoms with Gasteiger partial charge < -0.3 is 15.4 Å². The number of primary amides is 1. The molecule has 6 heteroatoms. The number of nitrogens with zero attached hydrogens (tertiary/aromatic N) is 2. The van der Waals surface area contributed by atoms with E-state index < -0.39 is 12.0 Å². The highest BCUT2D eigenvalue weighted by molar-refractivity contribution is 5.98. The van der Waals surface area contributed by atoms with E-state index in [-0.39, 0.29) is 19.0 Å². The van der Waals surface area contributed by atoms with Gasteiger partial charge in [0.25, 0.3) is 5.91 Å². The molecule has 0 saturated carbocycles. The molecule has 1 aliphatic heterocycles. The lowest BCUT2D eigenvalue weighted by molar-refractivity contribution is -0.125. The third-order valence-electron chi connectivity index (χ3n) is 4.09. The van der Waals surface area contributed by atoms with Crippen LogP contribution in [0.25, 0.3) is 0 Å². The monoisotopic (exact) mass is 339 g/mol. The van der Waals surface area contributed by atoms with Gasteiger partial charge in [-0.25, -0.2) is 0 Å². The number of hydrogen-bond acceptors (Lipinski definition) is 4. The zero-order chi connectivity index (χ0) is 17.8. The molecule has 1 aliphatic rings. The van der Waals surface area contributed by atoms with Gasteiger partial charge in [0.15, 0.2) is 6.10 Å². The molecular weight excluding hydrogens is 318 g/mol. The first-order valence-corrected chi connectivity index (χ1v) is 8.12. The van der Waals surface area contributed by atoms with Crippen LogP contribution < -0.4 is 15.4 Å². The first kappa shape index (κ1) is 17.0. The van der Waals surface area contributed by atoms with Gasteiger partial charge in [0.1, 0.15) is 5.75 Å². The van der Waals surface area contributed by atoms with E-state index in [9.17, 15) is 9.59 Å². The summed E-state index contributed by atoms with van der Waals surface area (Å²) in [6, 6.07) is 17.1. The van der Waals surface area contributed by atoms with Gasteiger partial charge in [-0.2, -0.15) is 0 Å². The minimum atomic E-state index is -0.835. The lowest BCUT2D eigenvalue weighted by Gasteiger charge is -2.34. The van der Waals surface area contributed by atoms with Crippen molar-refractivity contribution in [2.75, 3.05) is 25.0 Å². The summed E-state index contributed by atoms with van der Waals surface area (Å²) >= 11 is 0.